The molecular formula is C27H24F4N2O3. The Labute approximate surface area is 204 Å². The van der Waals surface area contributed by atoms with Crippen LogP contribution in [0.15, 0.2) is 47.1 Å². The summed E-state index contributed by atoms with van der Waals surface area (Å²) in [7, 11) is 0. The minimum atomic E-state index is -4.53. The summed E-state index contributed by atoms with van der Waals surface area (Å²) in [6.45, 7) is 3.55. The van der Waals surface area contributed by atoms with Gasteiger partial charge < -0.3 is 13.8 Å². The molecule has 2 aromatic heterocycles. The molecule has 2 heterocycles. The molecule has 0 radical (unpaired) electrons. The van der Waals surface area contributed by atoms with Crippen LogP contribution in [0.3, 0.4) is 0 Å². The molecule has 36 heavy (non-hydrogen) atoms. The Bertz CT molecular complexity index is 1450. The Hall–Kier alpha value is -3.62. The van der Waals surface area contributed by atoms with Crippen LogP contribution in [0, 0.1) is 12.7 Å². The Kier molecular flexibility index (Phi) is 6.10. The summed E-state index contributed by atoms with van der Waals surface area (Å²) in [6, 6.07) is 7.72. The summed E-state index contributed by atoms with van der Waals surface area (Å²) in [5.41, 5.74) is 2.82. The molecule has 1 saturated carbocycles. The standard InChI is InChI=1S/C27H24F4N2O3/c1-3-35-25(34)14-33-13-23(22-12-19(28)7-9-24(22)33)20-8-6-18(27(29,30)31)10-17(20)11-21-15(2)36-32-26(21)16-4-5-16/h6-10,12-13,16H,3-5,11,14H2,1-2H3. The lowest BCUT2D eigenvalue weighted by molar-refractivity contribution is -0.143. The molecule has 188 valence electrons. The SMILES string of the molecule is CCOC(=O)Cn1cc(-c2ccc(C(F)(F)F)cc2Cc2c(C3CC3)noc2C)c2cc(F)ccc21. The third-order valence-electron chi connectivity index (χ3n) is 6.52. The third-order valence-corrected chi connectivity index (χ3v) is 6.52. The van der Waals surface area contributed by atoms with Crippen molar-refractivity contribution < 1.29 is 31.6 Å². The first kappa shape index (κ1) is 24.1. The number of hydrogen-bond donors (Lipinski definition) is 0. The van der Waals surface area contributed by atoms with E-state index in [9.17, 15) is 22.4 Å². The second kappa shape index (κ2) is 9.11. The zero-order chi connectivity index (χ0) is 25.6. The molecule has 1 fully saturated rings. The Morgan fingerprint density at radius 2 is 1.94 bits per heavy atom. The van der Waals surface area contributed by atoms with Crippen molar-refractivity contribution in [1.82, 2.24) is 9.72 Å². The van der Waals surface area contributed by atoms with Crippen molar-refractivity contribution >= 4 is 16.9 Å². The van der Waals surface area contributed by atoms with Gasteiger partial charge in [0.15, 0.2) is 0 Å². The number of aromatic nitrogens is 2. The van der Waals surface area contributed by atoms with E-state index in [0.29, 0.717) is 33.4 Å². The van der Waals surface area contributed by atoms with Gasteiger partial charge in [0, 0.05) is 40.6 Å². The van der Waals surface area contributed by atoms with E-state index >= 15 is 0 Å². The maximum Gasteiger partial charge on any atom is 0.416 e. The van der Waals surface area contributed by atoms with E-state index < -0.39 is 23.5 Å². The fraction of sp³-hybridized carbons (Fsp3) is 0.333. The Morgan fingerprint density at radius 3 is 2.64 bits per heavy atom. The number of nitrogens with zero attached hydrogens (tertiary/aromatic N) is 2. The predicted octanol–water partition coefficient (Wildman–Crippen LogP) is 6.79. The number of hydrogen-bond acceptors (Lipinski definition) is 4. The lowest BCUT2D eigenvalue weighted by Gasteiger charge is -2.14. The van der Waals surface area contributed by atoms with Crippen molar-refractivity contribution in [3.63, 3.8) is 0 Å². The maximum absolute atomic E-state index is 14.3. The normalized spacial score (nSPS) is 13.9. The van der Waals surface area contributed by atoms with E-state index in [2.05, 4.69) is 5.16 Å². The van der Waals surface area contributed by atoms with Crippen molar-refractivity contribution in [1.29, 1.82) is 0 Å². The lowest BCUT2D eigenvalue weighted by atomic mass is 9.91. The summed E-state index contributed by atoms with van der Waals surface area (Å²) >= 11 is 0. The van der Waals surface area contributed by atoms with Crippen molar-refractivity contribution in [2.45, 2.75) is 51.7 Å². The Balaban J connectivity index is 1.67. The number of halogens is 4. The molecule has 0 amide bonds. The fourth-order valence-corrected chi connectivity index (χ4v) is 4.63. The summed E-state index contributed by atoms with van der Waals surface area (Å²) in [4.78, 5) is 12.2. The minimum absolute atomic E-state index is 0.109. The molecule has 1 aliphatic rings. The maximum atomic E-state index is 14.3. The zero-order valence-electron chi connectivity index (χ0n) is 19.8. The molecule has 5 nitrogen and oxygen atoms in total. The number of alkyl halides is 3. The molecule has 0 saturated heterocycles. The summed E-state index contributed by atoms with van der Waals surface area (Å²) in [5.74, 6) is -0.132. The van der Waals surface area contributed by atoms with E-state index in [1.807, 2.05) is 0 Å². The van der Waals surface area contributed by atoms with Gasteiger partial charge in [-0.1, -0.05) is 11.2 Å². The summed E-state index contributed by atoms with van der Waals surface area (Å²) < 4.78 is 67.4. The van der Waals surface area contributed by atoms with Crippen LogP contribution in [0.2, 0.25) is 0 Å². The molecule has 1 aliphatic carbocycles. The van der Waals surface area contributed by atoms with Gasteiger partial charge >= 0.3 is 12.1 Å². The highest BCUT2D eigenvalue weighted by Gasteiger charge is 2.33. The molecule has 0 atom stereocenters. The van der Waals surface area contributed by atoms with Crippen LogP contribution < -0.4 is 0 Å². The first-order valence-electron chi connectivity index (χ1n) is 11.7. The Morgan fingerprint density at radius 1 is 1.17 bits per heavy atom. The van der Waals surface area contributed by atoms with E-state index in [-0.39, 0.29) is 25.5 Å². The fourth-order valence-electron chi connectivity index (χ4n) is 4.63. The third kappa shape index (κ3) is 4.62. The molecule has 2 aromatic carbocycles. The average molecular weight is 500 g/mol. The molecular weight excluding hydrogens is 476 g/mol. The number of carbonyl (C=O) groups excluding carboxylic acids is 1. The highest BCUT2D eigenvalue weighted by molar-refractivity contribution is 5.97. The number of rotatable bonds is 7. The number of fused-ring (bicyclic) bond motifs is 1. The molecule has 9 heteroatoms. The van der Waals surface area contributed by atoms with Crippen LogP contribution in [0.5, 0.6) is 0 Å². The van der Waals surface area contributed by atoms with Gasteiger partial charge in [-0.15, -0.1) is 0 Å². The van der Waals surface area contributed by atoms with Crippen LogP contribution in [0.25, 0.3) is 22.0 Å². The number of benzene rings is 2. The predicted molar refractivity (Wildman–Crippen MR) is 125 cm³/mol. The summed E-state index contributed by atoms with van der Waals surface area (Å²) in [6.07, 6.45) is -0.750. The van der Waals surface area contributed by atoms with Crippen LogP contribution in [-0.4, -0.2) is 22.3 Å². The second-order valence-electron chi connectivity index (χ2n) is 9.06. The molecule has 4 aromatic rings. The van der Waals surface area contributed by atoms with Crippen molar-refractivity contribution in [2.24, 2.45) is 0 Å². The number of esters is 1. The molecule has 0 spiro atoms. The molecule has 0 aliphatic heterocycles. The topological polar surface area (TPSA) is 57.3 Å². The van der Waals surface area contributed by atoms with E-state index in [1.54, 1.807) is 30.7 Å². The van der Waals surface area contributed by atoms with Crippen molar-refractivity contribution in [3.8, 4) is 11.1 Å². The van der Waals surface area contributed by atoms with Gasteiger partial charge in [0.1, 0.15) is 18.1 Å². The first-order chi connectivity index (χ1) is 17.2. The van der Waals surface area contributed by atoms with Gasteiger partial charge in [0.05, 0.1) is 17.9 Å². The molecule has 0 bridgehead atoms. The van der Waals surface area contributed by atoms with Crippen LogP contribution >= 0.6 is 0 Å². The lowest BCUT2D eigenvalue weighted by Crippen LogP contribution is -2.12. The van der Waals surface area contributed by atoms with Gasteiger partial charge in [-0.05, 0) is 68.1 Å². The largest absolute Gasteiger partial charge is 0.465 e. The molecule has 0 N–H and O–H groups in total. The van der Waals surface area contributed by atoms with Gasteiger partial charge in [0.25, 0.3) is 0 Å². The van der Waals surface area contributed by atoms with Crippen LogP contribution in [-0.2, 0) is 28.7 Å². The van der Waals surface area contributed by atoms with Gasteiger partial charge in [-0.3, -0.25) is 4.79 Å². The highest BCUT2D eigenvalue weighted by Crippen LogP contribution is 2.43. The van der Waals surface area contributed by atoms with Crippen LogP contribution in [0.1, 0.15) is 53.8 Å². The number of ether oxygens (including phenoxy) is 1. The van der Waals surface area contributed by atoms with Gasteiger partial charge in [0.2, 0.25) is 0 Å². The van der Waals surface area contributed by atoms with Crippen LogP contribution in [0.4, 0.5) is 17.6 Å². The smallest absolute Gasteiger partial charge is 0.416 e. The van der Waals surface area contributed by atoms with Gasteiger partial charge in [-0.25, -0.2) is 4.39 Å². The average Bonchev–Trinajstić information content (AvgIpc) is 3.52. The van der Waals surface area contributed by atoms with E-state index in [0.717, 1.165) is 36.2 Å². The van der Waals surface area contributed by atoms with E-state index in [4.69, 9.17) is 9.26 Å². The molecule has 0 unspecified atom stereocenters. The van der Waals surface area contributed by atoms with Crippen molar-refractivity contribution in [3.05, 3.63) is 76.6 Å². The van der Waals surface area contributed by atoms with E-state index in [1.165, 1.54) is 18.2 Å². The van der Waals surface area contributed by atoms with Crippen molar-refractivity contribution in [2.75, 3.05) is 6.61 Å². The zero-order valence-corrected chi connectivity index (χ0v) is 19.8. The highest BCUT2D eigenvalue weighted by atomic mass is 19.4. The summed E-state index contributed by atoms with van der Waals surface area (Å²) in [5, 5.41) is 4.65. The molecule has 5 rings (SSSR count). The quantitative estimate of drug-likeness (QED) is 0.207. The first-order valence-corrected chi connectivity index (χ1v) is 11.7. The van der Waals surface area contributed by atoms with Gasteiger partial charge in [-0.2, -0.15) is 13.2 Å². The number of aryl methyl sites for hydroxylation is 1. The number of carbonyl (C=O) groups is 1. The second-order valence-corrected chi connectivity index (χ2v) is 9.06. The monoisotopic (exact) mass is 500 g/mol. The minimum Gasteiger partial charge on any atom is -0.465 e.